The zero-order valence-electron chi connectivity index (χ0n) is 13.9. The third-order valence-electron chi connectivity index (χ3n) is 4.55. The van der Waals surface area contributed by atoms with Gasteiger partial charge < -0.3 is 14.5 Å². The lowest BCUT2D eigenvalue weighted by atomic mass is 9.97. The second-order valence-electron chi connectivity index (χ2n) is 5.99. The number of benzene rings is 1. The predicted molar refractivity (Wildman–Crippen MR) is 103 cm³/mol. The molecule has 1 N–H and O–H groups in total. The summed E-state index contributed by atoms with van der Waals surface area (Å²) in [5.41, 5.74) is 1.84. The van der Waals surface area contributed by atoms with Crippen LogP contribution in [0.25, 0.3) is 21.6 Å². The fraction of sp³-hybridized carbons (Fsp3) is 0.333. The first-order valence-electron chi connectivity index (χ1n) is 8.09. The van der Waals surface area contributed by atoms with Crippen molar-refractivity contribution in [3.8, 4) is 22.9 Å². The molecule has 0 bridgehead atoms. The molecular weight excluding hydrogens is 404 g/mol. The molecule has 3 aromatic rings. The van der Waals surface area contributed by atoms with Crippen molar-refractivity contribution in [2.24, 2.45) is 0 Å². The molecule has 0 saturated carbocycles. The van der Waals surface area contributed by atoms with E-state index in [-0.39, 0.29) is 5.56 Å². The number of aromatic amines is 1. The molecule has 0 unspecified atom stereocenters. The maximum Gasteiger partial charge on any atom is 0.260 e. The van der Waals surface area contributed by atoms with Crippen LogP contribution in [0.4, 0.5) is 0 Å². The van der Waals surface area contributed by atoms with Gasteiger partial charge in [0.2, 0.25) is 0 Å². The second-order valence-corrected chi connectivity index (χ2v) is 7.93. The van der Waals surface area contributed by atoms with E-state index in [1.807, 2.05) is 6.07 Å². The number of H-pyrrole nitrogens is 1. The molecule has 1 aliphatic rings. The highest BCUT2D eigenvalue weighted by molar-refractivity contribution is 9.10. The average molecular weight is 421 g/mol. The molecule has 2 aromatic heterocycles. The van der Waals surface area contributed by atoms with Gasteiger partial charge >= 0.3 is 0 Å². The number of halogens is 1. The average Bonchev–Trinajstić information content (AvgIpc) is 3.00. The number of rotatable bonds is 3. The zero-order chi connectivity index (χ0) is 17.6. The number of methoxy groups -OCH3 is 2. The van der Waals surface area contributed by atoms with Crippen molar-refractivity contribution in [1.29, 1.82) is 0 Å². The van der Waals surface area contributed by atoms with Crippen molar-refractivity contribution in [2.45, 2.75) is 25.7 Å². The monoisotopic (exact) mass is 420 g/mol. The summed E-state index contributed by atoms with van der Waals surface area (Å²) in [4.78, 5) is 22.5. The smallest absolute Gasteiger partial charge is 0.260 e. The quantitative estimate of drug-likeness (QED) is 0.685. The summed E-state index contributed by atoms with van der Waals surface area (Å²) >= 11 is 5.12. The number of hydrogen-bond donors (Lipinski definition) is 1. The number of ether oxygens (including phenoxy) is 2. The van der Waals surface area contributed by atoms with Crippen LogP contribution in [-0.2, 0) is 12.8 Å². The minimum Gasteiger partial charge on any atom is -0.496 e. The lowest BCUT2D eigenvalue weighted by Crippen LogP contribution is -2.11. The molecule has 0 radical (unpaired) electrons. The third-order valence-corrected chi connectivity index (χ3v) is 6.36. The minimum atomic E-state index is -0.0756. The molecule has 0 fully saturated rings. The Labute approximate surface area is 157 Å². The largest absolute Gasteiger partial charge is 0.496 e. The molecule has 1 aliphatic carbocycles. The fourth-order valence-corrected chi connectivity index (χ4v) is 5.10. The van der Waals surface area contributed by atoms with Gasteiger partial charge in [-0.1, -0.05) is 0 Å². The molecule has 0 aliphatic heterocycles. The van der Waals surface area contributed by atoms with Crippen LogP contribution < -0.4 is 15.0 Å². The van der Waals surface area contributed by atoms with Crippen molar-refractivity contribution < 1.29 is 9.47 Å². The molecule has 0 saturated heterocycles. The van der Waals surface area contributed by atoms with Gasteiger partial charge in [-0.05, 0) is 53.2 Å². The maximum absolute atomic E-state index is 12.7. The van der Waals surface area contributed by atoms with Gasteiger partial charge in [0.1, 0.15) is 22.2 Å². The normalized spacial score (nSPS) is 13.7. The van der Waals surface area contributed by atoms with Gasteiger partial charge in [0.05, 0.1) is 29.6 Å². The van der Waals surface area contributed by atoms with Gasteiger partial charge in [-0.15, -0.1) is 11.3 Å². The topological polar surface area (TPSA) is 64.2 Å². The first kappa shape index (κ1) is 16.6. The van der Waals surface area contributed by atoms with Crippen LogP contribution in [0.5, 0.6) is 11.5 Å². The Morgan fingerprint density at radius 2 is 1.92 bits per heavy atom. The van der Waals surface area contributed by atoms with E-state index < -0.39 is 0 Å². The molecule has 25 heavy (non-hydrogen) atoms. The van der Waals surface area contributed by atoms with Gasteiger partial charge in [-0.25, -0.2) is 4.98 Å². The molecule has 7 heteroatoms. The molecule has 2 heterocycles. The summed E-state index contributed by atoms with van der Waals surface area (Å²) in [6.07, 6.45) is 4.34. The Bertz CT molecular complexity index is 1030. The SMILES string of the molecule is COc1cc(OC)c(-c2nc3sc4c(c3c(=O)[nH]2)CCCC4)cc1Br. The zero-order valence-corrected chi connectivity index (χ0v) is 16.3. The summed E-state index contributed by atoms with van der Waals surface area (Å²) in [5.74, 6) is 1.77. The minimum absolute atomic E-state index is 0.0756. The van der Waals surface area contributed by atoms with E-state index in [1.54, 1.807) is 31.6 Å². The van der Waals surface area contributed by atoms with Crippen LogP contribution in [-0.4, -0.2) is 24.2 Å². The van der Waals surface area contributed by atoms with Gasteiger partial charge in [0.25, 0.3) is 5.56 Å². The van der Waals surface area contributed by atoms with Crippen molar-refractivity contribution in [3.63, 3.8) is 0 Å². The first-order valence-corrected chi connectivity index (χ1v) is 9.69. The molecule has 4 rings (SSSR count). The van der Waals surface area contributed by atoms with Gasteiger partial charge in [0, 0.05) is 10.9 Å². The molecule has 1 aromatic carbocycles. The molecule has 130 valence electrons. The molecule has 0 amide bonds. The van der Waals surface area contributed by atoms with Crippen LogP contribution in [0.15, 0.2) is 21.4 Å². The Morgan fingerprint density at radius 3 is 2.68 bits per heavy atom. The van der Waals surface area contributed by atoms with Crippen molar-refractivity contribution >= 4 is 37.5 Å². The molecule has 5 nitrogen and oxygen atoms in total. The lowest BCUT2D eigenvalue weighted by molar-refractivity contribution is 0.393. The number of nitrogens with one attached hydrogen (secondary N) is 1. The van der Waals surface area contributed by atoms with Gasteiger partial charge in [-0.2, -0.15) is 0 Å². The first-order chi connectivity index (χ1) is 12.1. The lowest BCUT2D eigenvalue weighted by Gasteiger charge is -2.12. The Balaban J connectivity index is 1.93. The van der Waals surface area contributed by atoms with Crippen LogP contribution >= 0.6 is 27.3 Å². The van der Waals surface area contributed by atoms with E-state index in [9.17, 15) is 4.79 Å². The number of nitrogens with zero attached hydrogens (tertiary/aromatic N) is 1. The summed E-state index contributed by atoms with van der Waals surface area (Å²) < 4.78 is 11.6. The number of aryl methyl sites for hydroxylation is 2. The number of hydrogen-bond acceptors (Lipinski definition) is 5. The van der Waals surface area contributed by atoms with E-state index in [1.165, 1.54) is 16.9 Å². The Morgan fingerprint density at radius 1 is 1.16 bits per heavy atom. The van der Waals surface area contributed by atoms with Crippen LogP contribution in [0.3, 0.4) is 0 Å². The van der Waals surface area contributed by atoms with E-state index in [4.69, 9.17) is 14.5 Å². The van der Waals surface area contributed by atoms with Crippen molar-refractivity contribution in [3.05, 3.63) is 37.4 Å². The standard InChI is InChI=1S/C18H17BrN2O3S/c1-23-12-8-13(24-2)11(19)7-10(12)16-20-17(22)15-9-5-3-4-6-14(9)25-18(15)21-16/h7-8H,3-6H2,1-2H3,(H,20,21,22). The summed E-state index contributed by atoms with van der Waals surface area (Å²) in [7, 11) is 3.19. The highest BCUT2D eigenvalue weighted by Crippen LogP contribution is 2.39. The van der Waals surface area contributed by atoms with Gasteiger partial charge in [0.15, 0.2) is 0 Å². The van der Waals surface area contributed by atoms with E-state index in [2.05, 4.69) is 20.9 Å². The maximum atomic E-state index is 12.7. The summed E-state index contributed by atoms with van der Waals surface area (Å²) in [6.45, 7) is 0. The fourth-order valence-electron chi connectivity index (χ4n) is 3.34. The summed E-state index contributed by atoms with van der Waals surface area (Å²) in [6, 6.07) is 3.64. The van der Waals surface area contributed by atoms with Crippen LogP contribution in [0, 0.1) is 0 Å². The van der Waals surface area contributed by atoms with Crippen molar-refractivity contribution in [2.75, 3.05) is 14.2 Å². The summed E-state index contributed by atoms with van der Waals surface area (Å²) in [5, 5.41) is 0.759. The Kier molecular flexibility index (Phi) is 4.29. The van der Waals surface area contributed by atoms with E-state index >= 15 is 0 Å². The van der Waals surface area contributed by atoms with E-state index in [0.717, 1.165) is 39.5 Å². The highest BCUT2D eigenvalue weighted by atomic mass is 79.9. The number of fused-ring (bicyclic) bond motifs is 3. The molecule has 0 spiro atoms. The van der Waals surface area contributed by atoms with E-state index in [0.29, 0.717) is 17.3 Å². The van der Waals surface area contributed by atoms with Crippen LogP contribution in [0.1, 0.15) is 23.3 Å². The van der Waals surface area contributed by atoms with Crippen LogP contribution in [0.2, 0.25) is 0 Å². The molecule has 0 atom stereocenters. The number of aromatic nitrogens is 2. The Hall–Kier alpha value is -1.86. The number of thiophene rings is 1. The highest BCUT2D eigenvalue weighted by Gasteiger charge is 2.21. The second kappa shape index (κ2) is 6.46. The molecular formula is C18H17BrN2O3S. The predicted octanol–water partition coefficient (Wildman–Crippen LogP) is 4.31. The van der Waals surface area contributed by atoms with Gasteiger partial charge in [-0.3, -0.25) is 4.79 Å². The van der Waals surface area contributed by atoms with Crippen molar-refractivity contribution in [1.82, 2.24) is 9.97 Å². The third kappa shape index (κ3) is 2.75.